The van der Waals surface area contributed by atoms with Gasteiger partial charge < -0.3 is 10.2 Å². The van der Waals surface area contributed by atoms with Crippen molar-refractivity contribution in [1.29, 1.82) is 0 Å². The van der Waals surface area contributed by atoms with Gasteiger partial charge in [-0.1, -0.05) is 0 Å². The number of benzene rings is 1. The van der Waals surface area contributed by atoms with E-state index in [1.807, 2.05) is 0 Å². The van der Waals surface area contributed by atoms with E-state index in [2.05, 4.69) is 20.2 Å². The van der Waals surface area contributed by atoms with Crippen molar-refractivity contribution < 1.29 is 13.2 Å². The molecule has 24 heavy (non-hydrogen) atoms. The van der Waals surface area contributed by atoms with Crippen molar-refractivity contribution >= 4 is 27.6 Å². The Labute approximate surface area is 139 Å². The molecule has 1 amide bonds. The van der Waals surface area contributed by atoms with Crippen molar-refractivity contribution in [3.63, 3.8) is 0 Å². The first-order valence-corrected chi connectivity index (χ1v) is 8.99. The molecule has 126 valence electrons. The summed E-state index contributed by atoms with van der Waals surface area (Å²) in [7, 11) is -3.77. The summed E-state index contributed by atoms with van der Waals surface area (Å²) in [6.07, 6.45) is 5.38. The van der Waals surface area contributed by atoms with Crippen molar-refractivity contribution in [2.24, 2.45) is 5.14 Å². The number of carbonyl (C=O) groups is 1. The molecule has 1 aromatic heterocycles. The zero-order chi connectivity index (χ0) is 17.2. The fourth-order valence-corrected chi connectivity index (χ4v) is 2.98. The number of nitrogens with two attached hydrogens (primary N) is 1. The van der Waals surface area contributed by atoms with Crippen LogP contribution < -0.4 is 15.4 Å². The van der Waals surface area contributed by atoms with Crippen LogP contribution in [-0.4, -0.2) is 37.4 Å². The van der Waals surface area contributed by atoms with Crippen molar-refractivity contribution in [2.45, 2.75) is 17.7 Å². The van der Waals surface area contributed by atoms with Crippen molar-refractivity contribution in [3.05, 3.63) is 42.2 Å². The Bertz CT molecular complexity index is 828. The third kappa shape index (κ3) is 3.69. The zero-order valence-corrected chi connectivity index (χ0v) is 13.7. The highest BCUT2D eigenvalue weighted by Crippen LogP contribution is 2.17. The van der Waals surface area contributed by atoms with Gasteiger partial charge in [-0.2, -0.15) is 0 Å². The van der Waals surface area contributed by atoms with Gasteiger partial charge in [0.15, 0.2) is 0 Å². The van der Waals surface area contributed by atoms with E-state index >= 15 is 0 Å². The van der Waals surface area contributed by atoms with Gasteiger partial charge in [0.1, 0.15) is 0 Å². The molecule has 3 rings (SSSR count). The van der Waals surface area contributed by atoms with E-state index in [9.17, 15) is 13.2 Å². The highest BCUT2D eigenvalue weighted by molar-refractivity contribution is 7.89. The Hall–Kier alpha value is -2.52. The average Bonchev–Trinajstić information content (AvgIpc) is 3.09. The number of rotatable bonds is 4. The molecule has 3 N–H and O–H groups in total. The molecule has 0 spiro atoms. The second-order valence-corrected chi connectivity index (χ2v) is 7.05. The van der Waals surface area contributed by atoms with Crippen LogP contribution in [0.2, 0.25) is 0 Å². The fourth-order valence-electron chi connectivity index (χ4n) is 2.47. The molecule has 0 atom stereocenters. The van der Waals surface area contributed by atoms with Crippen LogP contribution in [0.1, 0.15) is 23.2 Å². The Balaban J connectivity index is 1.68. The largest absolute Gasteiger partial charge is 0.341 e. The van der Waals surface area contributed by atoms with E-state index in [4.69, 9.17) is 5.14 Å². The summed E-state index contributed by atoms with van der Waals surface area (Å²) in [5.74, 6) is 0.275. The van der Waals surface area contributed by atoms with E-state index in [1.165, 1.54) is 24.3 Å². The molecule has 8 nitrogen and oxygen atoms in total. The predicted octanol–water partition coefficient (Wildman–Crippen LogP) is 0.976. The maximum atomic E-state index is 12.2. The highest BCUT2D eigenvalue weighted by Gasteiger charge is 2.15. The standard InChI is InChI=1S/C15H17N5O3S/c16-24(22,23)13-5-3-11(4-6-13)14(21)19-12-9-17-15(18-10-12)20-7-1-2-8-20/h3-6,9-10H,1-2,7-8H2,(H,19,21)(H2,16,22,23). The number of aromatic nitrogens is 2. The molecule has 9 heteroatoms. The third-order valence-electron chi connectivity index (χ3n) is 3.73. The van der Waals surface area contributed by atoms with Gasteiger partial charge >= 0.3 is 0 Å². The molecular formula is C15H17N5O3S. The lowest BCUT2D eigenvalue weighted by Crippen LogP contribution is -2.20. The van der Waals surface area contributed by atoms with Crippen LogP contribution in [0.3, 0.4) is 0 Å². The first-order valence-electron chi connectivity index (χ1n) is 7.45. The smallest absolute Gasteiger partial charge is 0.255 e. The summed E-state index contributed by atoms with van der Waals surface area (Å²) in [6, 6.07) is 5.37. The number of nitrogens with zero attached hydrogens (tertiary/aromatic N) is 3. The molecule has 2 aromatic rings. The van der Waals surface area contributed by atoms with Crippen LogP contribution in [0, 0.1) is 0 Å². The minimum absolute atomic E-state index is 0.0441. The molecule has 0 radical (unpaired) electrons. The van der Waals surface area contributed by atoms with Crippen LogP contribution in [0.15, 0.2) is 41.6 Å². The monoisotopic (exact) mass is 347 g/mol. The van der Waals surface area contributed by atoms with E-state index < -0.39 is 10.0 Å². The van der Waals surface area contributed by atoms with Gasteiger partial charge in [-0.15, -0.1) is 0 Å². The van der Waals surface area contributed by atoms with Crippen LogP contribution in [0.5, 0.6) is 0 Å². The number of anilines is 2. The number of sulfonamides is 1. The van der Waals surface area contributed by atoms with Gasteiger partial charge in [0.2, 0.25) is 16.0 Å². The van der Waals surface area contributed by atoms with E-state index in [-0.39, 0.29) is 10.8 Å². The minimum atomic E-state index is -3.77. The summed E-state index contributed by atoms with van der Waals surface area (Å²) >= 11 is 0. The lowest BCUT2D eigenvalue weighted by molar-refractivity contribution is 0.102. The number of carbonyl (C=O) groups excluding carboxylic acids is 1. The molecular weight excluding hydrogens is 330 g/mol. The van der Waals surface area contributed by atoms with Crippen LogP contribution >= 0.6 is 0 Å². The first-order chi connectivity index (χ1) is 11.4. The summed E-state index contributed by atoms with van der Waals surface area (Å²) in [6.45, 7) is 1.89. The molecule has 0 bridgehead atoms. The number of hydrogen-bond acceptors (Lipinski definition) is 6. The molecule has 1 saturated heterocycles. The van der Waals surface area contributed by atoms with E-state index in [0.29, 0.717) is 17.2 Å². The lowest BCUT2D eigenvalue weighted by atomic mass is 10.2. The summed E-state index contributed by atoms with van der Waals surface area (Å²) in [5, 5.41) is 7.69. The number of amides is 1. The van der Waals surface area contributed by atoms with Crippen molar-refractivity contribution in [2.75, 3.05) is 23.3 Å². The lowest BCUT2D eigenvalue weighted by Gasteiger charge is -2.14. The normalized spacial score (nSPS) is 14.6. The van der Waals surface area contributed by atoms with Gasteiger partial charge in [0, 0.05) is 18.7 Å². The SMILES string of the molecule is NS(=O)(=O)c1ccc(C(=O)Nc2cnc(N3CCCC3)nc2)cc1. The number of hydrogen-bond donors (Lipinski definition) is 2. The summed E-state index contributed by atoms with van der Waals surface area (Å²) in [5.41, 5.74) is 0.782. The van der Waals surface area contributed by atoms with Crippen LogP contribution in [0.4, 0.5) is 11.6 Å². The molecule has 1 aromatic carbocycles. The van der Waals surface area contributed by atoms with Crippen molar-refractivity contribution in [1.82, 2.24) is 9.97 Å². The van der Waals surface area contributed by atoms with Gasteiger partial charge in [-0.3, -0.25) is 4.79 Å². The predicted molar refractivity (Wildman–Crippen MR) is 89.2 cm³/mol. The van der Waals surface area contributed by atoms with Gasteiger partial charge in [0.05, 0.1) is 23.0 Å². The summed E-state index contributed by atoms with van der Waals surface area (Å²) < 4.78 is 22.4. The van der Waals surface area contributed by atoms with Crippen molar-refractivity contribution in [3.8, 4) is 0 Å². The number of nitrogens with one attached hydrogen (secondary N) is 1. The Kier molecular flexibility index (Phi) is 4.45. The summed E-state index contributed by atoms with van der Waals surface area (Å²) in [4.78, 5) is 22.7. The second-order valence-electron chi connectivity index (χ2n) is 5.49. The Morgan fingerprint density at radius 1 is 1.08 bits per heavy atom. The van der Waals surface area contributed by atoms with Crippen LogP contribution in [0.25, 0.3) is 0 Å². The topological polar surface area (TPSA) is 118 Å². The maximum Gasteiger partial charge on any atom is 0.255 e. The molecule has 0 aliphatic carbocycles. The quantitative estimate of drug-likeness (QED) is 0.851. The molecule has 1 aliphatic heterocycles. The van der Waals surface area contributed by atoms with E-state index in [1.54, 1.807) is 12.4 Å². The molecule has 2 heterocycles. The molecule has 1 fully saturated rings. The first kappa shape index (κ1) is 16.3. The van der Waals surface area contributed by atoms with Gasteiger partial charge in [-0.25, -0.2) is 23.5 Å². The number of primary sulfonamides is 1. The molecule has 0 saturated carbocycles. The van der Waals surface area contributed by atoms with E-state index in [0.717, 1.165) is 25.9 Å². The Morgan fingerprint density at radius 2 is 1.67 bits per heavy atom. The highest BCUT2D eigenvalue weighted by atomic mass is 32.2. The maximum absolute atomic E-state index is 12.2. The molecule has 1 aliphatic rings. The average molecular weight is 347 g/mol. The van der Waals surface area contributed by atoms with Gasteiger partial charge in [0.25, 0.3) is 5.91 Å². The molecule has 0 unspecified atom stereocenters. The Morgan fingerprint density at radius 3 is 2.21 bits per heavy atom. The minimum Gasteiger partial charge on any atom is -0.341 e. The third-order valence-corrected chi connectivity index (χ3v) is 4.66. The zero-order valence-electron chi connectivity index (χ0n) is 12.8. The fraction of sp³-hybridized carbons (Fsp3) is 0.267. The van der Waals surface area contributed by atoms with Gasteiger partial charge in [-0.05, 0) is 37.1 Å². The second kappa shape index (κ2) is 6.54. The van der Waals surface area contributed by atoms with Crippen LogP contribution in [-0.2, 0) is 10.0 Å².